The van der Waals surface area contributed by atoms with Crippen molar-refractivity contribution >= 4 is 11.6 Å². The molecule has 0 unspecified atom stereocenters. The normalized spacial score (nSPS) is 10.4. The number of pyridine rings is 1. The molecule has 0 bridgehead atoms. The van der Waals surface area contributed by atoms with Crippen LogP contribution in [0.2, 0.25) is 0 Å². The Bertz CT molecular complexity index is 991. The molecule has 0 fully saturated rings. The summed E-state index contributed by atoms with van der Waals surface area (Å²) in [5.74, 6) is 0.487. The summed E-state index contributed by atoms with van der Waals surface area (Å²) in [4.78, 5) is 23.9. The van der Waals surface area contributed by atoms with E-state index in [4.69, 9.17) is 4.74 Å². The monoisotopic (exact) mass is 362 g/mol. The number of hydrogen-bond donors (Lipinski definition) is 1. The van der Waals surface area contributed by atoms with Gasteiger partial charge in [-0.1, -0.05) is 35.9 Å². The number of carbonyl (C=O) groups is 1. The van der Waals surface area contributed by atoms with Crippen molar-refractivity contribution in [2.24, 2.45) is 0 Å². The van der Waals surface area contributed by atoms with Gasteiger partial charge in [0.1, 0.15) is 5.75 Å². The van der Waals surface area contributed by atoms with Crippen LogP contribution in [0.15, 0.2) is 71.7 Å². The molecule has 1 N–H and O–H groups in total. The molecule has 3 rings (SSSR count). The summed E-state index contributed by atoms with van der Waals surface area (Å²) in [6, 6.07) is 18.3. The van der Waals surface area contributed by atoms with E-state index < -0.39 is 0 Å². The average Bonchev–Trinajstić information content (AvgIpc) is 2.64. The third-order valence-electron chi connectivity index (χ3n) is 4.18. The lowest BCUT2D eigenvalue weighted by atomic mass is 10.1. The molecule has 0 aliphatic rings. The smallest absolute Gasteiger partial charge is 0.262 e. The Kier molecular flexibility index (Phi) is 5.71. The molecule has 0 saturated carbocycles. The fourth-order valence-corrected chi connectivity index (χ4v) is 2.78. The lowest BCUT2D eigenvalue weighted by Gasteiger charge is -2.11. The first-order chi connectivity index (χ1) is 13.0. The predicted molar refractivity (Wildman–Crippen MR) is 106 cm³/mol. The van der Waals surface area contributed by atoms with Gasteiger partial charge in [-0.3, -0.25) is 9.59 Å². The van der Waals surface area contributed by atoms with Crippen molar-refractivity contribution in [2.75, 3.05) is 11.9 Å². The van der Waals surface area contributed by atoms with Gasteiger partial charge in [0.15, 0.2) is 6.61 Å². The van der Waals surface area contributed by atoms with Gasteiger partial charge in [-0.25, -0.2) is 0 Å². The number of aromatic nitrogens is 1. The standard InChI is InChI=1S/C22H22N2O3/c1-16-6-11-20(17(2)13-16)27-15-21(25)23-19-9-7-18(8-10-19)14-24-12-4-3-5-22(24)26/h3-13H,14-15H2,1-2H3,(H,23,25). The molecule has 5 nitrogen and oxygen atoms in total. The second kappa shape index (κ2) is 8.36. The fourth-order valence-electron chi connectivity index (χ4n) is 2.78. The van der Waals surface area contributed by atoms with E-state index in [1.807, 2.05) is 62.4 Å². The van der Waals surface area contributed by atoms with E-state index in [-0.39, 0.29) is 18.1 Å². The minimum Gasteiger partial charge on any atom is -0.483 e. The summed E-state index contributed by atoms with van der Waals surface area (Å²) in [7, 11) is 0. The number of amides is 1. The molecule has 138 valence electrons. The molecular formula is C22H22N2O3. The van der Waals surface area contributed by atoms with E-state index in [2.05, 4.69) is 5.32 Å². The number of aryl methyl sites for hydroxylation is 2. The van der Waals surface area contributed by atoms with Gasteiger partial charge < -0.3 is 14.6 Å². The number of hydrogen-bond acceptors (Lipinski definition) is 3. The molecule has 0 atom stereocenters. The van der Waals surface area contributed by atoms with Gasteiger partial charge in [0.2, 0.25) is 0 Å². The third-order valence-corrected chi connectivity index (χ3v) is 4.18. The summed E-state index contributed by atoms with van der Waals surface area (Å²) in [6.45, 7) is 4.41. The molecule has 5 heteroatoms. The Morgan fingerprint density at radius 2 is 1.81 bits per heavy atom. The van der Waals surface area contributed by atoms with Crippen LogP contribution in [0.4, 0.5) is 5.69 Å². The summed E-state index contributed by atoms with van der Waals surface area (Å²) in [6.07, 6.45) is 1.75. The van der Waals surface area contributed by atoms with Crippen LogP contribution in [0.3, 0.4) is 0 Å². The number of nitrogens with one attached hydrogen (secondary N) is 1. The Morgan fingerprint density at radius 3 is 2.52 bits per heavy atom. The maximum atomic E-state index is 12.1. The summed E-state index contributed by atoms with van der Waals surface area (Å²) >= 11 is 0. The Morgan fingerprint density at radius 1 is 1.04 bits per heavy atom. The van der Waals surface area contributed by atoms with Crippen molar-refractivity contribution in [3.63, 3.8) is 0 Å². The van der Waals surface area contributed by atoms with Crippen molar-refractivity contribution in [3.05, 3.63) is 93.9 Å². The van der Waals surface area contributed by atoms with Crippen LogP contribution in [-0.4, -0.2) is 17.1 Å². The molecule has 2 aromatic carbocycles. The number of nitrogens with zero attached hydrogens (tertiary/aromatic N) is 1. The van der Waals surface area contributed by atoms with Crippen LogP contribution >= 0.6 is 0 Å². The van der Waals surface area contributed by atoms with Crippen LogP contribution in [0, 0.1) is 13.8 Å². The Hall–Kier alpha value is -3.34. The first-order valence-electron chi connectivity index (χ1n) is 8.75. The zero-order chi connectivity index (χ0) is 19.2. The van der Waals surface area contributed by atoms with Gasteiger partial charge in [0.25, 0.3) is 11.5 Å². The highest BCUT2D eigenvalue weighted by atomic mass is 16.5. The highest BCUT2D eigenvalue weighted by Gasteiger charge is 2.06. The van der Waals surface area contributed by atoms with E-state index >= 15 is 0 Å². The van der Waals surface area contributed by atoms with Crippen molar-refractivity contribution < 1.29 is 9.53 Å². The molecule has 3 aromatic rings. The summed E-state index contributed by atoms with van der Waals surface area (Å²) < 4.78 is 7.22. The molecule has 0 radical (unpaired) electrons. The van der Waals surface area contributed by atoms with E-state index in [1.54, 1.807) is 16.8 Å². The molecule has 0 aliphatic heterocycles. The minimum absolute atomic E-state index is 0.0431. The Labute approximate surface area is 158 Å². The van der Waals surface area contributed by atoms with Gasteiger partial charge >= 0.3 is 0 Å². The van der Waals surface area contributed by atoms with Gasteiger partial charge in [0.05, 0.1) is 6.54 Å². The number of anilines is 1. The van der Waals surface area contributed by atoms with E-state index in [1.165, 1.54) is 6.07 Å². The van der Waals surface area contributed by atoms with E-state index in [9.17, 15) is 9.59 Å². The lowest BCUT2D eigenvalue weighted by molar-refractivity contribution is -0.118. The average molecular weight is 362 g/mol. The van der Waals surface area contributed by atoms with Gasteiger partial charge in [-0.15, -0.1) is 0 Å². The van der Waals surface area contributed by atoms with Crippen molar-refractivity contribution in [2.45, 2.75) is 20.4 Å². The number of ether oxygens (including phenoxy) is 1. The maximum Gasteiger partial charge on any atom is 0.262 e. The SMILES string of the molecule is Cc1ccc(OCC(=O)Nc2ccc(Cn3ccccc3=O)cc2)c(C)c1. The number of carbonyl (C=O) groups excluding carboxylic acids is 1. The third kappa shape index (κ3) is 5.07. The van der Waals surface area contributed by atoms with Crippen LogP contribution in [0.25, 0.3) is 0 Å². The molecule has 0 spiro atoms. The van der Waals surface area contributed by atoms with Crippen LogP contribution in [-0.2, 0) is 11.3 Å². The van der Waals surface area contributed by atoms with E-state index in [0.29, 0.717) is 18.0 Å². The second-order valence-electron chi connectivity index (χ2n) is 6.47. The molecule has 27 heavy (non-hydrogen) atoms. The first-order valence-corrected chi connectivity index (χ1v) is 8.75. The molecular weight excluding hydrogens is 340 g/mol. The minimum atomic E-state index is -0.220. The topological polar surface area (TPSA) is 60.3 Å². The molecule has 1 heterocycles. The highest BCUT2D eigenvalue weighted by Crippen LogP contribution is 2.18. The van der Waals surface area contributed by atoms with Gasteiger partial charge in [-0.2, -0.15) is 0 Å². The quantitative estimate of drug-likeness (QED) is 0.730. The molecule has 1 amide bonds. The number of benzene rings is 2. The Balaban J connectivity index is 1.55. The van der Waals surface area contributed by atoms with Crippen LogP contribution in [0.5, 0.6) is 5.75 Å². The number of rotatable bonds is 6. The van der Waals surface area contributed by atoms with E-state index in [0.717, 1.165) is 16.7 Å². The van der Waals surface area contributed by atoms with Gasteiger partial charge in [-0.05, 0) is 49.2 Å². The summed E-state index contributed by atoms with van der Waals surface area (Å²) in [5, 5.41) is 2.81. The molecule has 0 saturated heterocycles. The largest absolute Gasteiger partial charge is 0.483 e. The van der Waals surface area contributed by atoms with Crippen LogP contribution < -0.4 is 15.6 Å². The zero-order valence-electron chi connectivity index (χ0n) is 15.4. The molecule has 0 aliphatic carbocycles. The summed E-state index contributed by atoms with van der Waals surface area (Å²) in [5.41, 5.74) is 3.78. The van der Waals surface area contributed by atoms with Crippen molar-refractivity contribution in [1.29, 1.82) is 0 Å². The van der Waals surface area contributed by atoms with Crippen LogP contribution in [0.1, 0.15) is 16.7 Å². The zero-order valence-corrected chi connectivity index (χ0v) is 15.4. The molecule has 1 aromatic heterocycles. The van der Waals surface area contributed by atoms with Crippen molar-refractivity contribution in [1.82, 2.24) is 4.57 Å². The van der Waals surface area contributed by atoms with Gasteiger partial charge in [0, 0.05) is 18.0 Å². The van der Waals surface area contributed by atoms with Crippen molar-refractivity contribution in [3.8, 4) is 5.75 Å². The lowest BCUT2D eigenvalue weighted by Crippen LogP contribution is -2.20. The highest BCUT2D eigenvalue weighted by molar-refractivity contribution is 5.91. The second-order valence-corrected chi connectivity index (χ2v) is 6.47. The maximum absolute atomic E-state index is 12.1. The fraction of sp³-hybridized carbons (Fsp3) is 0.182. The predicted octanol–water partition coefficient (Wildman–Crippen LogP) is 3.53. The first kappa shape index (κ1) is 18.5.